The number of aromatic nitrogens is 1. The molecule has 0 fully saturated rings. The zero-order valence-corrected chi connectivity index (χ0v) is 18.8. The van der Waals surface area contributed by atoms with Crippen LogP contribution in [0.5, 0.6) is 17.2 Å². The summed E-state index contributed by atoms with van der Waals surface area (Å²) in [6.45, 7) is 2.08. The van der Waals surface area contributed by atoms with Gasteiger partial charge in [0.25, 0.3) is 0 Å². The highest BCUT2D eigenvalue weighted by Gasteiger charge is 2.15. The molecule has 0 bridgehead atoms. The van der Waals surface area contributed by atoms with Crippen LogP contribution in [0.1, 0.15) is 18.2 Å². The number of halogens is 1. The predicted octanol–water partition coefficient (Wildman–Crippen LogP) is 5.12. The largest absolute Gasteiger partial charge is 0.489 e. The Kier molecular flexibility index (Phi) is 7.29. The third-order valence-corrected chi connectivity index (χ3v) is 5.23. The SMILES string of the molecule is CC(Oc1ccc(Cl)cc1COc1cccc(OCc2ccc3ccccc3n2)c1)C(O)O. The van der Waals surface area contributed by atoms with Crippen LogP contribution >= 0.6 is 11.6 Å². The van der Waals surface area contributed by atoms with E-state index in [1.54, 1.807) is 31.2 Å². The van der Waals surface area contributed by atoms with Crippen molar-refractivity contribution in [3.63, 3.8) is 0 Å². The fraction of sp³-hybridized carbons (Fsp3) is 0.192. The summed E-state index contributed by atoms with van der Waals surface area (Å²) in [6, 6.07) is 24.3. The normalized spacial score (nSPS) is 12.0. The van der Waals surface area contributed by atoms with Gasteiger partial charge >= 0.3 is 0 Å². The predicted molar refractivity (Wildman–Crippen MR) is 127 cm³/mol. The van der Waals surface area contributed by atoms with Crippen LogP contribution in [0.15, 0.2) is 78.9 Å². The van der Waals surface area contributed by atoms with Crippen molar-refractivity contribution in [2.45, 2.75) is 32.5 Å². The molecule has 1 aromatic heterocycles. The van der Waals surface area contributed by atoms with Crippen molar-refractivity contribution >= 4 is 22.5 Å². The van der Waals surface area contributed by atoms with E-state index in [0.29, 0.717) is 34.4 Å². The molecular weight excluding hydrogens is 442 g/mol. The quantitative estimate of drug-likeness (QED) is 0.334. The van der Waals surface area contributed by atoms with Crippen molar-refractivity contribution in [3.8, 4) is 17.2 Å². The molecule has 0 radical (unpaired) electrons. The Morgan fingerprint density at radius 2 is 1.61 bits per heavy atom. The standard InChI is InChI=1S/C26H24ClNO5/c1-17(26(29)30)33-25-12-10-20(27)13-19(25)15-31-22-6-4-7-23(14-22)32-16-21-11-9-18-5-2-3-8-24(18)28-21/h2-14,17,26,29-30H,15-16H2,1H3. The molecule has 0 saturated carbocycles. The molecular formula is C26H24ClNO5. The summed E-state index contributed by atoms with van der Waals surface area (Å²) in [5.41, 5.74) is 2.45. The van der Waals surface area contributed by atoms with Gasteiger partial charge in [0.05, 0.1) is 11.2 Å². The third kappa shape index (κ3) is 6.14. The average Bonchev–Trinajstić information content (AvgIpc) is 2.83. The molecule has 170 valence electrons. The highest BCUT2D eigenvalue weighted by atomic mass is 35.5. The number of para-hydroxylation sites is 1. The molecule has 0 aliphatic heterocycles. The van der Waals surface area contributed by atoms with Crippen LogP contribution in [-0.4, -0.2) is 27.6 Å². The lowest BCUT2D eigenvalue weighted by molar-refractivity contribution is -0.105. The van der Waals surface area contributed by atoms with Crippen LogP contribution in [0.2, 0.25) is 5.02 Å². The van der Waals surface area contributed by atoms with E-state index in [4.69, 9.17) is 25.8 Å². The average molecular weight is 466 g/mol. The zero-order valence-electron chi connectivity index (χ0n) is 18.0. The highest BCUT2D eigenvalue weighted by molar-refractivity contribution is 6.30. The molecule has 1 heterocycles. The van der Waals surface area contributed by atoms with Crippen LogP contribution in [0.25, 0.3) is 10.9 Å². The van der Waals surface area contributed by atoms with Gasteiger partial charge in [0.1, 0.15) is 36.6 Å². The maximum Gasteiger partial charge on any atom is 0.189 e. The van der Waals surface area contributed by atoms with E-state index in [1.807, 2.05) is 54.6 Å². The number of benzene rings is 3. The Bertz CT molecular complexity index is 1230. The monoisotopic (exact) mass is 465 g/mol. The highest BCUT2D eigenvalue weighted by Crippen LogP contribution is 2.27. The van der Waals surface area contributed by atoms with Gasteiger partial charge in [-0.3, -0.25) is 0 Å². The lowest BCUT2D eigenvalue weighted by Gasteiger charge is -2.19. The van der Waals surface area contributed by atoms with Crippen LogP contribution < -0.4 is 14.2 Å². The summed E-state index contributed by atoms with van der Waals surface area (Å²) >= 11 is 6.12. The summed E-state index contributed by atoms with van der Waals surface area (Å²) in [4.78, 5) is 4.62. The minimum atomic E-state index is -1.60. The molecule has 3 aromatic carbocycles. The summed E-state index contributed by atoms with van der Waals surface area (Å²) < 4.78 is 17.5. The number of hydrogen-bond donors (Lipinski definition) is 2. The second-order valence-corrected chi connectivity index (χ2v) is 7.97. The van der Waals surface area contributed by atoms with Crippen LogP contribution in [0.4, 0.5) is 0 Å². The second kappa shape index (κ2) is 10.5. The molecule has 0 aliphatic carbocycles. The number of hydrogen-bond acceptors (Lipinski definition) is 6. The first kappa shape index (κ1) is 22.9. The number of rotatable bonds is 9. The minimum absolute atomic E-state index is 0.180. The molecule has 2 N–H and O–H groups in total. The first-order chi connectivity index (χ1) is 16.0. The van der Waals surface area contributed by atoms with E-state index >= 15 is 0 Å². The summed E-state index contributed by atoms with van der Waals surface area (Å²) in [7, 11) is 0. The number of ether oxygens (including phenoxy) is 3. The van der Waals surface area contributed by atoms with Crippen molar-refractivity contribution in [2.75, 3.05) is 0 Å². The fourth-order valence-corrected chi connectivity index (χ4v) is 3.39. The Morgan fingerprint density at radius 3 is 2.39 bits per heavy atom. The maximum atomic E-state index is 9.31. The van der Waals surface area contributed by atoms with Crippen molar-refractivity contribution in [3.05, 3.63) is 95.1 Å². The van der Waals surface area contributed by atoms with Gasteiger partial charge in [-0.1, -0.05) is 41.9 Å². The van der Waals surface area contributed by atoms with E-state index in [-0.39, 0.29) is 6.61 Å². The summed E-state index contributed by atoms with van der Waals surface area (Å²) in [5, 5.41) is 20.2. The molecule has 1 unspecified atom stereocenters. The molecule has 4 aromatic rings. The van der Waals surface area contributed by atoms with Gasteiger partial charge in [-0.15, -0.1) is 0 Å². The molecule has 0 amide bonds. The fourth-order valence-electron chi connectivity index (χ4n) is 3.20. The number of aliphatic hydroxyl groups is 2. The number of nitrogens with zero attached hydrogens (tertiary/aromatic N) is 1. The first-order valence-electron chi connectivity index (χ1n) is 10.5. The van der Waals surface area contributed by atoms with Crippen molar-refractivity contribution < 1.29 is 24.4 Å². The number of pyridine rings is 1. The Balaban J connectivity index is 1.40. The van der Waals surface area contributed by atoms with Crippen molar-refractivity contribution in [1.29, 1.82) is 0 Å². The summed E-state index contributed by atoms with van der Waals surface area (Å²) in [6.07, 6.45) is -2.40. The zero-order chi connectivity index (χ0) is 23.2. The van der Waals surface area contributed by atoms with Crippen molar-refractivity contribution in [1.82, 2.24) is 4.98 Å². The first-order valence-corrected chi connectivity index (χ1v) is 10.9. The Labute approximate surface area is 197 Å². The Hall–Kier alpha value is -3.32. The third-order valence-electron chi connectivity index (χ3n) is 5.00. The topological polar surface area (TPSA) is 81.0 Å². The minimum Gasteiger partial charge on any atom is -0.489 e. The lowest BCUT2D eigenvalue weighted by Crippen LogP contribution is -2.28. The number of fused-ring (bicyclic) bond motifs is 1. The lowest BCUT2D eigenvalue weighted by atomic mass is 10.2. The van der Waals surface area contributed by atoms with E-state index in [0.717, 1.165) is 16.6 Å². The van der Waals surface area contributed by atoms with Gasteiger partial charge in [-0.2, -0.15) is 0 Å². The van der Waals surface area contributed by atoms with E-state index < -0.39 is 12.4 Å². The van der Waals surface area contributed by atoms with Gasteiger partial charge < -0.3 is 24.4 Å². The molecule has 1 atom stereocenters. The van der Waals surface area contributed by atoms with Gasteiger partial charge in [-0.05, 0) is 49.4 Å². The molecule has 0 spiro atoms. The molecule has 0 aliphatic rings. The van der Waals surface area contributed by atoms with E-state index in [1.165, 1.54) is 0 Å². The smallest absolute Gasteiger partial charge is 0.189 e. The Morgan fingerprint density at radius 1 is 0.848 bits per heavy atom. The van der Waals surface area contributed by atoms with Gasteiger partial charge in [0.2, 0.25) is 0 Å². The molecule has 6 nitrogen and oxygen atoms in total. The van der Waals surface area contributed by atoms with Crippen LogP contribution in [0, 0.1) is 0 Å². The van der Waals surface area contributed by atoms with E-state index in [2.05, 4.69) is 4.98 Å². The summed E-state index contributed by atoms with van der Waals surface area (Å²) in [5.74, 6) is 1.73. The van der Waals surface area contributed by atoms with E-state index in [9.17, 15) is 10.2 Å². The van der Waals surface area contributed by atoms with Gasteiger partial charge in [0, 0.05) is 22.0 Å². The van der Waals surface area contributed by atoms with Gasteiger partial charge in [-0.25, -0.2) is 4.98 Å². The van der Waals surface area contributed by atoms with Crippen molar-refractivity contribution in [2.24, 2.45) is 0 Å². The molecule has 7 heteroatoms. The van der Waals surface area contributed by atoms with Crippen LogP contribution in [-0.2, 0) is 13.2 Å². The second-order valence-electron chi connectivity index (χ2n) is 7.54. The maximum absolute atomic E-state index is 9.31. The molecule has 4 rings (SSSR count). The molecule has 33 heavy (non-hydrogen) atoms. The number of aliphatic hydroxyl groups excluding tert-OH is 1. The van der Waals surface area contributed by atoms with Crippen LogP contribution in [0.3, 0.4) is 0 Å². The molecule has 0 saturated heterocycles. The van der Waals surface area contributed by atoms with Gasteiger partial charge in [0.15, 0.2) is 6.29 Å².